The van der Waals surface area contributed by atoms with Crippen LogP contribution in [-0.2, 0) is 13.1 Å². The first kappa shape index (κ1) is 18.1. The summed E-state index contributed by atoms with van der Waals surface area (Å²) in [6.45, 7) is 0.836. The summed E-state index contributed by atoms with van der Waals surface area (Å²) in [5.41, 5.74) is 3.06. The van der Waals surface area contributed by atoms with Crippen molar-refractivity contribution in [3.05, 3.63) is 90.0 Å². The Bertz CT molecular complexity index is 883. The van der Waals surface area contributed by atoms with Crippen LogP contribution in [0.15, 0.2) is 73.3 Å². The summed E-state index contributed by atoms with van der Waals surface area (Å²) in [6, 6.07) is 13.7. The van der Waals surface area contributed by atoms with Crippen LogP contribution >= 0.6 is 0 Å². The second-order valence-electron chi connectivity index (χ2n) is 5.78. The van der Waals surface area contributed by atoms with Gasteiger partial charge in [0.25, 0.3) is 5.91 Å². The molecule has 2 aromatic heterocycles. The molecule has 0 saturated heterocycles. The number of hydrogen-bond acceptors (Lipinski definition) is 4. The minimum atomic E-state index is -0.318. The molecule has 7 nitrogen and oxygen atoms in total. The van der Waals surface area contributed by atoms with Crippen molar-refractivity contribution in [3.8, 4) is 0 Å². The highest BCUT2D eigenvalue weighted by Crippen LogP contribution is 2.10. The number of hydrogen-bond donors (Lipinski definition) is 3. The Kier molecular flexibility index (Phi) is 6.08. The smallest absolute Gasteiger partial charge is 0.319 e. The van der Waals surface area contributed by atoms with Crippen LogP contribution < -0.4 is 16.0 Å². The molecule has 0 spiro atoms. The third-order valence-corrected chi connectivity index (χ3v) is 3.81. The number of aromatic nitrogens is 2. The first-order valence-corrected chi connectivity index (χ1v) is 8.41. The number of nitrogens with one attached hydrogen (secondary N) is 3. The summed E-state index contributed by atoms with van der Waals surface area (Å²) in [5.74, 6) is -0.180. The van der Waals surface area contributed by atoms with Crippen molar-refractivity contribution in [2.75, 3.05) is 5.32 Å². The SMILES string of the molecule is O=C(NCc1ccncc1)Nc1ccc(C(=O)NCc2ccncc2)cc1. The molecule has 3 aromatic rings. The van der Waals surface area contributed by atoms with E-state index in [4.69, 9.17) is 0 Å². The van der Waals surface area contributed by atoms with Gasteiger partial charge in [0, 0.05) is 49.1 Å². The molecule has 2 heterocycles. The van der Waals surface area contributed by atoms with Crippen molar-refractivity contribution in [1.82, 2.24) is 20.6 Å². The standard InChI is InChI=1S/C20H19N5O2/c26-19(23-13-15-5-9-21-10-6-15)17-1-3-18(4-2-17)25-20(27)24-14-16-7-11-22-12-8-16/h1-12H,13-14H2,(H,23,26)(H2,24,25,27). The average molecular weight is 361 g/mol. The summed E-state index contributed by atoms with van der Waals surface area (Å²) < 4.78 is 0. The van der Waals surface area contributed by atoms with Crippen molar-refractivity contribution in [3.63, 3.8) is 0 Å². The maximum Gasteiger partial charge on any atom is 0.319 e. The number of nitrogens with zero attached hydrogens (tertiary/aromatic N) is 2. The molecule has 0 saturated carbocycles. The van der Waals surface area contributed by atoms with Gasteiger partial charge in [-0.2, -0.15) is 0 Å². The van der Waals surface area contributed by atoms with Crippen LogP contribution in [0.2, 0.25) is 0 Å². The summed E-state index contributed by atoms with van der Waals surface area (Å²) in [7, 11) is 0. The van der Waals surface area contributed by atoms with Crippen LogP contribution in [0.25, 0.3) is 0 Å². The van der Waals surface area contributed by atoms with E-state index in [1.807, 2.05) is 24.3 Å². The molecule has 27 heavy (non-hydrogen) atoms. The van der Waals surface area contributed by atoms with E-state index in [1.165, 1.54) is 0 Å². The van der Waals surface area contributed by atoms with Crippen molar-refractivity contribution in [2.24, 2.45) is 0 Å². The lowest BCUT2D eigenvalue weighted by molar-refractivity contribution is 0.0951. The van der Waals surface area contributed by atoms with E-state index in [0.717, 1.165) is 11.1 Å². The number of carbonyl (C=O) groups is 2. The number of amides is 3. The molecule has 0 unspecified atom stereocenters. The number of anilines is 1. The van der Waals surface area contributed by atoms with E-state index in [2.05, 4.69) is 25.9 Å². The zero-order valence-corrected chi connectivity index (χ0v) is 14.6. The van der Waals surface area contributed by atoms with E-state index in [9.17, 15) is 9.59 Å². The Hall–Kier alpha value is -3.74. The monoisotopic (exact) mass is 361 g/mol. The van der Waals surface area contributed by atoms with Crippen LogP contribution in [-0.4, -0.2) is 21.9 Å². The van der Waals surface area contributed by atoms with Crippen LogP contribution in [0.3, 0.4) is 0 Å². The van der Waals surface area contributed by atoms with Gasteiger partial charge in [-0.3, -0.25) is 14.8 Å². The number of rotatable bonds is 6. The summed E-state index contributed by atoms with van der Waals surface area (Å²) >= 11 is 0. The quantitative estimate of drug-likeness (QED) is 0.629. The summed E-state index contributed by atoms with van der Waals surface area (Å²) in [5, 5.41) is 8.34. The van der Waals surface area contributed by atoms with E-state index in [0.29, 0.717) is 24.3 Å². The minimum absolute atomic E-state index is 0.180. The lowest BCUT2D eigenvalue weighted by atomic mass is 10.2. The molecule has 0 radical (unpaired) electrons. The van der Waals surface area contributed by atoms with Gasteiger partial charge in [-0.1, -0.05) is 0 Å². The molecule has 0 atom stereocenters. The molecule has 0 bridgehead atoms. The molecular weight excluding hydrogens is 342 g/mol. The Morgan fingerprint density at radius 1 is 0.704 bits per heavy atom. The van der Waals surface area contributed by atoms with Gasteiger partial charge in [-0.15, -0.1) is 0 Å². The molecule has 0 fully saturated rings. The van der Waals surface area contributed by atoms with Crippen molar-refractivity contribution >= 4 is 17.6 Å². The van der Waals surface area contributed by atoms with Crippen LogP contribution in [0.5, 0.6) is 0 Å². The summed E-state index contributed by atoms with van der Waals surface area (Å²) in [6.07, 6.45) is 6.71. The fourth-order valence-corrected chi connectivity index (χ4v) is 2.35. The third-order valence-electron chi connectivity index (χ3n) is 3.81. The third kappa shape index (κ3) is 5.64. The normalized spacial score (nSPS) is 10.1. The van der Waals surface area contributed by atoms with Gasteiger partial charge >= 0.3 is 6.03 Å². The minimum Gasteiger partial charge on any atom is -0.348 e. The predicted molar refractivity (Wildman–Crippen MR) is 102 cm³/mol. The molecule has 3 amide bonds. The van der Waals surface area contributed by atoms with Gasteiger partial charge < -0.3 is 16.0 Å². The first-order chi connectivity index (χ1) is 13.2. The van der Waals surface area contributed by atoms with Crippen LogP contribution in [0.1, 0.15) is 21.5 Å². The van der Waals surface area contributed by atoms with E-state index in [-0.39, 0.29) is 11.9 Å². The molecule has 7 heteroatoms. The second kappa shape index (κ2) is 9.10. The van der Waals surface area contributed by atoms with E-state index < -0.39 is 0 Å². The number of carbonyl (C=O) groups excluding carboxylic acids is 2. The second-order valence-corrected chi connectivity index (χ2v) is 5.78. The molecule has 1 aromatic carbocycles. The molecule has 0 aliphatic carbocycles. The van der Waals surface area contributed by atoms with Crippen LogP contribution in [0.4, 0.5) is 10.5 Å². The van der Waals surface area contributed by atoms with Gasteiger partial charge in [0.1, 0.15) is 0 Å². The predicted octanol–water partition coefficient (Wildman–Crippen LogP) is 2.73. The Morgan fingerprint density at radius 3 is 1.78 bits per heavy atom. The number of benzene rings is 1. The Balaban J connectivity index is 1.47. The fraction of sp³-hybridized carbons (Fsp3) is 0.100. The van der Waals surface area contributed by atoms with Gasteiger partial charge in [0.15, 0.2) is 0 Å². The Labute approximate surface area is 156 Å². The molecule has 136 valence electrons. The van der Waals surface area contributed by atoms with Crippen LogP contribution in [0, 0.1) is 0 Å². The fourth-order valence-electron chi connectivity index (χ4n) is 2.35. The zero-order valence-electron chi connectivity index (χ0n) is 14.6. The molecule has 3 N–H and O–H groups in total. The lowest BCUT2D eigenvalue weighted by Crippen LogP contribution is -2.28. The van der Waals surface area contributed by atoms with E-state index >= 15 is 0 Å². The maximum atomic E-state index is 12.2. The maximum absolute atomic E-state index is 12.2. The van der Waals surface area contributed by atoms with Crippen molar-refractivity contribution < 1.29 is 9.59 Å². The number of urea groups is 1. The first-order valence-electron chi connectivity index (χ1n) is 8.41. The molecule has 0 aliphatic rings. The van der Waals surface area contributed by atoms with Crippen molar-refractivity contribution in [1.29, 1.82) is 0 Å². The van der Waals surface area contributed by atoms with Gasteiger partial charge in [-0.05, 0) is 59.7 Å². The summed E-state index contributed by atoms with van der Waals surface area (Å²) in [4.78, 5) is 32.0. The average Bonchev–Trinajstić information content (AvgIpc) is 2.72. The van der Waals surface area contributed by atoms with Crippen molar-refractivity contribution in [2.45, 2.75) is 13.1 Å². The zero-order chi connectivity index (χ0) is 18.9. The topological polar surface area (TPSA) is 96.0 Å². The highest BCUT2D eigenvalue weighted by Gasteiger charge is 2.06. The Morgan fingerprint density at radius 2 is 1.22 bits per heavy atom. The molecular formula is C20H19N5O2. The highest BCUT2D eigenvalue weighted by atomic mass is 16.2. The van der Waals surface area contributed by atoms with Gasteiger partial charge in [-0.25, -0.2) is 4.79 Å². The molecule has 3 rings (SSSR count). The molecule has 0 aliphatic heterocycles. The lowest BCUT2D eigenvalue weighted by Gasteiger charge is -2.09. The van der Waals surface area contributed by atoms with Gasteiger partial charge in [0.2, 0.25) is 0 Å². The number of pyridine rings is 2. The highest BCUT2D eigenvalue weighted by molar-refractivity contribution is 5.95. The largest absolute Gasteiger partial charge is 0.348 e. The van der Waals surface area contributed by atoms with Gasteiger partial charge in [0.05, 0.1) is 0 Å². The van der Waals surface area contributed by atoms with E-state index in [1.54, 1.807) is 49.1 Å².